The summed E-state index contributed by atoms with van der Waals surface area (Å²) in [5, 5.41) is 12.9. The van der Waals surface area contributed by atoms with Crippen LogP contribution in [0.3, 0.4) is 0 Å². The highest BCUT2D eigenvalue weighted by atomic mass is 16.7. The molecule has 4 fully saturated rings. The van der Waals surface area contributed by atoms with Crippen molar-refractivity contribution in [3.05, 3.63) is 10.1 Å². The van der Waals surface area contributed by atoms with Gasteiger partial charge in [-0.25, -0.2) is 15.1 Å². The van der Waals surface area contributed by atoms with Crippen LogP contribution in [0.4, 0.5) is 0 Å². The summed E-state index contributed by atoms with van der Waals surface area (Å²) < 4.78 is 13.2. The van der Waals surface area contributed by atoms with E-state index in [1.165, 1.54) is 0 Å². The molecule has 3 saturated carbocycles. The zero-order valence-electron chi connectivity index (χ0n) is 24.7. The van der Waals surface area contributed by atoms with Crippen molar-refractivity contribution >= 4 is 24.8 Å². The fourth-order valence-corrected chi connectivity index (χ4v) is 6.78. The van der Waals surface area contributed by atoms with Crippen molar-refractivity contribution in [2.45, 2.75) is 111 Å². The number of ketones is 1. The zero-order valence-corrected chi connectivity index (χ0v) is 24.7. The van der Waals surface area contributed by atoms with Crippen LogP contribution in [0, 0.1) is 45.1 Å². The molecule has 0 aromatic heterocycles. The Hall–Kier alpha value is -2.21. The van der Waals surface area contributed by atoms with Crippen molar-refractivity contribution in [1.29, 1.82) is 0 Å². The average molecular weight is 550 g/mol. The first-order valence-corrected chi connectivity index (χ1v) is 14.6. The van der Waals surface area contributed by atoms with Gasteiger partial charge in [-0.3, -0.25) is 9.59 Å². The lowest BCUT2D eigenvalue weighted by atomic mass is 9.43. The highest BCUT2D eigenvalue weighted by molar-refractivity contribution is 6.47. The van der Waals surface area contributed by atoms with Crippen LogP contribution in [-0.2, 0) is 18.9 Å². The molecule has 1 aliphatic heterocycles. The van der Waals surface area contributed by atoms with Crippen LogP contribution in [0.1, 0.15) is 93.4 Å². The molecule has 7 atom stereocenters. The fraction of sp³-hybridized carbons (Fsp3) is 0.889. The van der Waals surface area contributed by atoms with E-state index in [1.807, 2.05) is 19.3 Å². The molecule has 3 aliphatic carbocycles. The second-order valence-corrected chi connectivity index (χ2v) is 13.0. The minimum absolute atomic E-state index is 0.0183. The topological polar surface area (TPSA) is 158 Å². The number of hydrogen-bond donors (Lipinski definition) is 3. The van der Waals surface area contributed by atoms with Crippen LogP contribution in [0.2, 0.25) is 0 Å². The van der Waals surface area contributed by atoms with Crippen LogP contribution in [0.15, 0.2) is 4.99 Å². The summed E-state index contributed by atoms with van der Waals surface area (Å²) in [5.74, 6) is -0.105. The lowest BCUT2D eigenvalue weighted by Crippen LogP contribution is -2.65. The maximum atomic E-state index is 13.6. The first kappa shape index (κ1) is 31.3. The number of amides is 1. The Bertz CT molecular complexity index is 946. The normalized spacial score (nSPS) is 29.7. The molecular formula is C27H48BN5O6. The van der Waals surface area contributed by atoms with Crippen LogP contribution in [0.25, 0.3) is 0 Å². The van der Waals surface area contributed by atoms with Crippen molar-refractivity contribution in [1.82, 2.24) is 10.7 Å². The molecule has 4 N–H and O–H groups in total. The molecule has 2 bridgehead atoms. The second kappa shape index (κ2) is 12.5. The molecule has 0 radical (unpaired) electrons. The van der Waals surface area contributed by atoms with E-state index in [0.717, 1.165) is 12.8 Å². The number of nitrogens with zero attached hydrogens (tertiary/aromatic N) is 2. The van der Waals surface area contributed by atoms with Crippen molar-refractivity contribution in [3.8, 4) is 0 Å². The summed E-state index contributed by atoms with van der Waals surface area (Å²) in [5.41, 5.74) is 7.16. The predicted octanol–water partition coefficient (Wildman–Crippen LogP) is 3.28. The standard InChI is InChI=1S/C27H48BN5O6/c1-8-17(4)20(34)13-18(10-9-11-30-25(29)32-33(36)37)24(35)31-23(12-16(2)3)28-38-22-15-19-14-21(26(19,5)6)27(22,7)39-28/h16-19,21-23H,8-15H2,1-7H3,(H,31,35)(H3,29,30,32)/t17-,18+,19-,21-,22+,23-,27-/m0/s1. The number of nitrogens with one attached hydrogen (secondary N) is 2. The Balaban J connectivity index is 1.70. The zero-order chi connectivity index (χ0) is 29.1. The number of guanidine groups is 1. The van der Waals surface area contributed by atoms with Crippen molar-refractivity contribution in [2.75, 3.05) is 6.54 Å². The lowest BCUT2D eigenvalue weighted by molar-refractivity contribution is -0.525. The summed E-state index contributed by atoms with van der Waals surface area (Å²) in [7, 11) is -0.537. The minimum atomic E-state index is -0.775. The van der Waals surface area contributed by atoms with Gasteiger partial charge in [-0.05, 0) is 68.6 Å². The molecule has 12 heteroatoms. The molecule has 1 heterocycles. The SMILES string of the molecule is CC[C@H](C)C(=O)C[C@@H](CCCN=C(N)N[N+](=O)[O-])C(=O)N[C@@H](CC(C)C)B1O[C@@H]2C[C@@H]3C[C@@H](C3(C)C)[C@]2(C)O1. The van der Waals surface area contributed by atoms with Gasteiger partial charge in [0, 0.05) is 24.8 Å². The maximum Gasteiger partial charge on any atom is 0.481 e. The lowest BCUT2D eigenvalue weighted by Gasteiger charge is -2.64. The summed E-state index contributed by atoms with van der Waals surface area (Å²) in [6.45, 7) is 15.1. The van der Waals surface area contributed by atoms with E-state index in [4.69, 9.17) is 15.0 Å². The molecule has 1 saturated heterocycles. The fourth-order valence-electron chi connectivity index (χ4n) is 6.78. The Kier molecular flexibility index (Phi) is 10.1. The number of hydrogen-bond acceptors (Lipinski definition) is 7. The third kappa shape index (κ3) is 7.12. The van der Waals surface area contributed by atoms with Gasteiger partial charge >= 0.3 is 7.12 Å². The third-order valence-electron chi connectivity index (χ3n) is 9.53. The number of carbonyl (C=O) groups excluding carboxylic acids is 2. The first-order valence-electron chi connectivity index (χ1n) is 14.6. The average Bonchev–Trinajstić information content (AvgIpc) is 3.21. The number of carbonyl (C=O) groups is 2. The van der Waals surface area contributed by atoms with E-state index in [2.05, 4.69) is 44.9 Å². The van der Waals surface area contributed by atoms with Gasteiger partial charge in [0.1, 0.15) is 5.78 Å². The first-order chi connectivity index (χ1) is 18.2. The van der Waals surface area contributed by atoms with Gasteiger partial charge in [-0.1, -0.05) is 47.0 Å². The Morgan fingerprint density at radius 3 is 2.51 bits per heavy atom. The smallest absolute Gasteiger partial charge is 0.404 e. The molecule has 0 unspecified atom stereocenters. The monoisotopic (exact) mass is 549 g/mol. The summed E-state index contributed by atoms with van der Waals surface area (Å²) in [6, 6.07) is 0. The molecule has 0 spiro atoms. The Morgan fingerprint density at radius 2 is 1.92 bits per heavy atom. The van der Waals surface area contributed by atoms with Gasteiger partial charge in [0.05, 0.1) is 17.6 Å². The summed E-state index contributed by atoms with van der Waals surface area (Å²) in [6.07, 6.45) is 4.53. The molecule has 4 rings (SSSR count). The Morgan fingerprint density at radius 1 is 1.23 bits per heavy atom. The molecule has 4 aliphatic rings. The molecule has 11 nitrogen and oxygen atoms in total. The van der Waals surface area contributed by atoms with E-state index in [0.29, 0.717) is 43.4 Å². The van der Waals surface area contributed by atoms with Gasteiger partial charge in [-0.2, -0.15) is 0 Å². The van der Waals surface area contributed by atoms with Crippen molar-refractivity contribution < 1.29 is 23.9 Å². The number of aliphatic imine (C=N–C) groups is 1. The largest absolute Gasteiger partial charge is 0.481 e. The van der Waals surface area contributed by atoms with Gasteiger partial charge in [-0.15, -0.1) is 0 Å². The van der Waals surface area contributed by atoms with E-state index in [1.54, 1.807) is 0 Å². The molecular weight excluding hydrogens is 501 g/mol. The number of Topliss-reactive ketones (excluding diaryl/α,β-unsaturated/α-hetero) is 1. The maximum absolute atomic E-state index is 13.6. The molecule has 0 aromatic carbocycles. The van der Waals surface area contributed by atoms with E-state index in [9.17, 15) is 19.7 Å². The highest BCUT2D eigenvalue weighted by Crippen LogP contribution is 2.65. The van der Waals surface area contributed by atoms with Gasteiger partial charge < -0.3 is 20.4 Å². The Labute approximate surface area is 233 Å². The molecule has 0 aromatic rings. The van der Waals surface area contributed by atoms with Crippen LogP contribution >= 0.6 is 0 Å². The molecule has 220 valence electrons. The third-order valence-corrected chi connectivity index (χ3v) is 9.53. The quantitative estimate of drug-likeness (QED) is 0.0744. The van der Waals surface area contributed by atoms with E-state index in [-0.39, 0.29) is 59.6 Å². The van der Waals surface area contributed by atoms with Crippen molar-refractivity contribution in [3.63, 3.8) is 0 Å². The van der Waals surface area contributed by atoms with Gasteiger partial charge in [0.2, 0.25) is 5.91 Å². The number of nitrogens with two attached hydrogens (primary N) is 1. The summed E-state index contributed by atoms with van der Waals surface area (Å²) >= 11 is 0. The van der Waals surface area contributed by atoms with Crippen LogP contribution < -0.4 is 16.5 Å². The van der Waals surface area contributed by atoms with Gasteiger partial charge in [0.25, 0.3) is 5.96 Å². The van der Waals surface area contributed by atoms with E-state index >= 15 is 0 Å². The number of hydrazine groups is 1. The molecule has 39 heavy (non-hydrogen) atoms. The summed E-state index contributed by atoms with van der Waals surface area (Å²) in [4.78, 5) is 40.9. The second-order valence-electron chi connectivity index (χ2n) is 13.0. The number of nitro groups is 1. The highest BCUT2D eigenvalue weighted by Gasteiger charge is 2.68. The van der Waals surface area contributed by atoms with E-state index < -0.39 is 18.1 Å². The molecule has 1 amide bonds. The van der Waals surface area contributed by atoms with Crippen LogP contribution in [0.5, 0.6) is 0 Å². The van der Waals surface area contributed by atoms with Crippen LogP contribution in [-0.4, -0.2) is 54.0 Å². The van der Waals surface area contributed by atoms with Crippen molar-refractivity contribution in [2.24, 2.45) is 45.7 Å². The predicted molar refractivity (Wildman–Crippen MR) is 150 cm³/mol. The number of rotatable bonds is 14. The van der Waals surface area contributed by atoms with Gasteiger partial charge in [0.15, 0.2) is 5.03 Å². The minimum Gasteiger partial charge on any atom is -0.404 e.